The van der Waals surface area contributed by atoms with Gasteiger partial charge in [0.1, 0.15) is 73.2 Å². The summed E-state index contributed by atoms with van der Waals surface area (Å²) >= 11 is 0. The number of hydrogen-bond donors (Lipinski definition) is 12. The Balaban J connectivity index is 1.36. The minimum Gasteiger partial charge on any atom is -0.394 e. The van der Waals surface area contributed by atoms with Crippen LogP contribution in [0.25, 0.3) is 0 Å². The fraction of sp³-hybridized carbons (Fsp3) is 0.919. The summed E-state index contributed by atoms with van der Waals surface area (Å²) in [5.41, 5.74) is 0. The normalized spacial score (nSPS) is 25.9. The number of carbonyl (C=O) groups is 1. The fourth-order valence-electron chi connectivity index (χ4n) is 14.9. The molecule has 3 aliphatic heterocycles. The highest BCUT2D eigenvalue weighted by atomic mass is 16.8. The van der Waals surface area contributed by atoms with Crippen LogP contribution in [-0.4, -0.2) is 193 Å². The number of unbranched alkanes of at least 4 members (excludes halogenated alkanes) is 51. The average molecular weight is 1500 g/mol. The quantitative estimate of drug-likeness (QED) is 0.0199. The Kier molecular flexibility index (Phi) is 61.7. The fourth-order valence-corrected chi connectivity index (χ4v) is 14.9. The number of rotatable bonds is 71. The maximum atomic E-state index is 13.5. The Morgan fingerprint density at radius 3 is 0.952 bits per heavy atom. The van der Waals surface area contributed by atoms with Crippen LogP contribution in [0.1, 0.15) is 373 Å². The minimum absolute atomic E-state index is 0.237. The second-order valence-corrected chi connectivity index (χ2v) is 31.3. The highest BCUT2D eigenvalue weighted by Crippen LogP contribution is 2.33. The van der Waals surface area contributed by atoms with E-state index in [-0.39, 0.29) is 18.9 Å². The van der Waals surface area contributed by atoms with Gasteiger partial charge in [-0.2, -0.15) is 0 Å². The topological polar surface area (TPSA) is 307 Å². The number of ether oxygens (including phenoxy) is 6. The Morgan fingerprint density at radius 2 is 0.610 bits per heavy atom. The molecular formula is C86H161NO18. The smallest absolute Gasteiger partial charge is 0.220 e. The molecule has 3 saturated heterocycles. The van der Waals surface area contributed by atoms with Gasteiger partial charge in [-0.05, 0) is 44.9 Å². The van der Waals surface area contributed by atoms with E-state index >= 15 is 0 Å². The molecule has 17 unspecified atom stereocenters. The van der Waals surface area contributed by atoms with E-state index in [1.54, 1.807) is 6.08 Å². The summed E-state index contributed by atoms with van der Waals surface area (Å²) in [6.07, 6.45) is 57.3. The van der Waals surface area contributed by atoms with Crippen molar-refractivity contribution >= 4 is 5.91 Å². The van der Waals surface area contributed by atoms with Gasteiger partial charge in [-0.15, -0.1) is 0 Å². The molecule has 618 valence electrons. The van der Waals surface area contributed by atoms with E-state index in [4.69, 9.17) is 28.4 Å². The van der Waals surface area contributed by atoms with Crippen molar-refractivity contribution in [3.63, 3.8) is 0 Å². The molecule has 12 N–H and O–H groups in total. The van der Waals surface area contributed by atoms with Crippen molar-refractivity contribution in [2.45, 2.75) is 478 Å². The van der Waals surface area contributed by atoms with E-state index in [1.807, 2.05) is 6.08 Å². The molecule has 3 heterocycles. The Bertz CT molecular complexity index is 2030. The standard InChI is InChI=1S/C86H161NO18/c1-3-5-7-9-11-13-15-17-19-21-23-25-27-29-31-33-34-35-36-37-39-41-43-45-47-49-51-53-55-57-59-61-63-70(91)69(87-74(92)64-62-60-58-56-54-52-50-48-46-44-42-40-38-32-30-28-26-24-22-20-18-16-14-12-10-8-6-4-2)68-100-84-80(98)77(95)82(72(66-89)102-84)105-86-81(99)78(96)83(73(67-90)103-86)104-85-79(97)76(94)75(93)71(65-88)101-85/h45,47,53,55,61,63,69-73,75-86,88-91,93-99H,3-44,46,48-52,54,56-60,62,64-68H2,1-2H3,(H,87,92)/b47-45+,55-53+,63-61+. The molecule has 3 aliphatic rings. The van der Waals surface area contributed by atoms with Crippen LogP contribution in [0.2, 0.25) is 0 Å². The van der Waals surface area contributed by atoms with Gasteiger partial charge >= 0.3 is 0 Å². The lowest BCUT2D eigenvalue weighted by molar-refractivity contribution is -0.379. The summed E-state index contributed by atoms with van der Waals surface area (Å²) in [7, 11) is 0. The molecule has 0 spiro atoms. The summed E-state index contributed by atoms with van der Waals surface area (Å²) in [4.78, 5) is 13.5. The molecule has 19 heteroatoms. The first-order valence-corrected chi connectivity index (χ1v) is 43.7. The zero-order valence-corrected chi connectivity index (χ0v) is 66.5. The highest BCUT2D eigenvalue weighted by molar-refractivity contribution is 5.76. The van der Waals surface area contributed by atoms with E-state index in [0.29, 0.717) is 12.8 Å². The highest BCUT2D eigenvalue weighted by Gasteiger charge is 2.54. The Hall–Kier alpha value is -1.99. The first kappa shape index (κ1) is 97.2. The predicted octanol–water partition coefficient (Wildman–Crippen LogP) is 15.9. The van der Waals surface area contributed by atoms with E-state index in [1.165, 1.54) is 295 Å². The van der Waals surface area contributed by atoms with Gasteiger partial charge in [0, 0.05) is 6.42 Å². The van der Waals surface area contributed by atoms with Crippen molar-refractivity contribution in [1.82, 2.24) is 5.32 Å². The zero-order valence-electron chi connectivity index (χ0n) is 66.5. The summed E-state index contributed by atoms with van der Waals surface area (Å²) < 4.78 is 34.5. The van der Waals surface area contributed by atoms with Crippen molar-refractivity contribution < 1.29 is 89.4 Å². The first-order valence-electron chi connectivity index (χ1n) is 43.7. The van der Waals surface area contributed by atoms with Crippen molar-refractivity contribution in [1.29, 1.82) is 0 Å². The number of aliphatic hydroxyl groups excluding tert-OH is 11. The van der Waals surface area contributed by atoms with Gasteiger partial charge in [0.2, 0.25) is 5.91 Å². The average Bonchev–Trinajstić information content (AvgIpc) is 0.782. The van der Waals surface area contributed by atoms with Crippen molar-refractivity contribution in [3.8, 4) is 0 Å². The summed E-state index contributed by atoms with van der Waals surface area (Å²) in [6, 6.07) is -0.997. The van der Waals surface area contributed by atoms with Crippen LogP contribution >= 0.6 is 0 Å². The van der Waals surface area contributed by atoms with E-state index in [2.05, 4.69) is 43.5 Å². The van der Waals surface area contributed by atoms with Crippen LogP contribution in [0.15, 0.2) is 36.5 Å². The SMILES string of the molecule is CCCCCCCCCCCCCCCCCCCCCCCC/C=C/CC/C=C/CC/C=C/C(O)C(COC1OC(CO)C(OC2OC(CO)C(OC3OC(CO)C(O)C(O)C3O)C(O)C2O)C(O)C1O)NC(=O)CCCCCCCCCCCCCCCCCCCCCCCCCCCCCC. The second-order valence-electron chi connectivity index (χ2n) is 31.3. The third kappa shape index (κ3) is 46.0. The molecule has 0 aromatic heterocycles. The summed E-state index contributed by atoms with van der Waals surface area (Å²) in [6.45, 7) is 1.78. The van der Waals surface area contributed by atoms with Gasteiger partial charge in [0.25, 0.3) is 0 Å². The molecule has 0 aliphatic carbocycles. The third-order valence-corrected chi connectivity index (χ3v) is 21.9. The number of nitrogens with one attached hydrogen (secondary N) is 1. The molecule has 0 aromatic carbocycles. The van der Waals surface area contributed by atoms with Gasteiger partial charge in [0.05, 0.1) is 38.6 Å². The molecule has 0 aromatic rings. The second kappa shape index (κ2) is 66.6. The van der Waals surface area contributed by atoms with E-state index < -0.39 is 124 Å². The third-order valence-electron chi connectivity index (χ3n) is 21.9. The maximum absolute atomic E-state index is 13.5. The van der Waals surface area contributed by atoms with Crippen molar-refractivity contribution in [3.05, 3.63) is 36.5 Å². The maximum Gasteiger partial charge on any atom is 0.220 e. The number of hydrogen-bond acceptors (Lipinski definition) is 18. The number of amides is 1. The van der Waals surface area contributed by atoms with Gasteiger partial charge in [-0.1, -0.05) is 359 Å². The summed E-state index contributed by atoms with van der Waals surface area (Å²) in [5.74, 6) is -0.282. The molecule has 0 bridgehead atoms. The van der Waals surface area contributed by atoms with Crippen LogP contribution in [0, 0.1) is 0 Å². The lowest BCUT2D eigenvalue weighted by Gasteiger charge is -2.48. The molecule has 1 amide bonds. The van der Waals surface area contributed by atoms with Gasteiger partial charge in [-0.3, -0.25) is 4.79 Å². The molecule has 0 radical (unpaired) electrons. The van der Waals surface area contributed by atoms with Crippen LogP contribution in [0.3, 0.4) is 0 Å². The number of aliphatic hydroxyl groups is 11. The zero-order chi connectivity index (χ0) is 76.0. The van der Waals surface area contributed by atoms with Crippen LogP contribution < -0.4 is 5.32 Å². The molecule has 3 rings (SSSR count). The van der Waals surface area contributed by atoms with E-state index in [9.17, 15) is 61.0 Å². The van der Waals surface area contributed by atoms with Gasteiger partial charge in [-0.25, -0.2) is 0 Å². The van der Waals surface area contributed by atoms with Gasteiger partial charge in [0.15, 0.2) is 18.9 Å². The largest absolute Gasteiger partial charge is 0.394 e. The van der Waals surface area contributed by atoms with Gasteiger partial charge < -0.3 is 89.9 Å². The van der Waals surface area contributed by atoms with Crippen LogP contribution in [-0.2, 0) is 33.2 Å². The molecule has 3 fully saturated rings. The Labute approximate surface area is 638 Å². The van der Waals surface area contributed by atoms with Crippen LogP contribution in [0.4, 0.5) is 0 Å². The van der Waals surface area contributed by atoms with Crippen molar-refractivity contribution in [2.75, 3.05) is 26.4 Å². The number of allylic oxidation sites excluding steroid dienone is 5. The van der Waals surface area contributed by atoms with Crippen molar-refractivity contribution in [2.24, 2.45) is 0 Å². The Morgan fingerprint density at radius 1 is 0.333 bits per heavy atom. The molecular weight excluding hydrogens is 1330 g/mol. The first-order chi connectivity index (χ1) is 51.3. The minimum atomic E-state index is -1.98. The molecule has 105 heavy (non-hydrogen) atoms. The molecule has 17 atom stereocenters. The summed E-state index contributed by atoms with van der Waals surface area (Å²) in [5, 5.41) is 121. The molecule has 19 nitrogen and oxygen atoms in total. The predicted molar refractivity (Wildman–Crippen MR) is 420 cm³/mol. The lowest BCUT2D eigenvalue weighted by Crippen LogP contribution is -2.66. The van der Waals surface area contributed by atoms with E-state index in [0.717, 1.165) is 44.9 Å². The number of carbonyl (C=O) groups excluding carboxylic acids is 1. The molecule has 0 saturated carbocycles. The van der Waals surface area contributed by atoms with Crippen LogP contribution in [0.5, 0.6) is 0 Å². The monoisotopic (exact) mass is 1500 g/mol. The lowest BCUT2D eigenvalue weighted by atomic mass is 9.96.